The van der Waals surface area contributed by atoms with Crippen LogP contribution >= 0.6 is 23.2 Å². The molecule has 1 N–H and O–H groups in total. The van der Waals surface area contributed by atoms with Gasteiger partial charge in [0.15, 0.2) is 0 Å². The van der Waals surface area contributed by atoms with E-state index in [2.05, 4.69) is 19.2 Å². The summed E-state index contributed by atoms with van der Waals surface area (Å²) >= 11 is 12.4. The van der Waals surface area contributed by atoms with E-state index >= 15 is 0 Å². The molecule has 0 aliphatic carbocycles. The molecule has 1 aromatic carbocycles. The Morgan fingerprint density at radius 2 is 2.14 bits per heavy atom. The average Bonchev–Trinajstić information content (AvgIpc) is 2.83. The molecule has 2 atom stereocenters. The first kappa shape index (κ1) is 16.9. The van der Waals surface area contributed by atoms with Gasteiger partial charge in [-0.1, -0.05) is 30.1 Å². The second-order valence-electron chi connectivity index (χ2n) is 5.51. The van der Waals surface area contributed by atoms with Gasteiger partial charge in [-0.2, -0.15) is 0 Å². The maximum absolute atomic E-state index is 6.28. The van der Waals surface area contributed by atoms with E-state index in [1.165, 1.54) is 0 Å². The van der Waals surface area contributed by atoms with Crippen LogP contribution in [0.15, 0.2) is 12.1 Å². The molecule has 0 aromatic heterocycles. The number of ether oxygens (including phenoxy) is 2. The van der Waals surface area contributed by atoms with Crippen molar-refractivity contribution >= 4 is 23.2 Å². The summed E-state index contributed by atoms with van der Waals surface area (Å²) in [4.78, 5) is 0. The van der Waals surface area contributed by atoms with Crippen molar-refractivity contribution in [3.63, 3.8) is 0 Å². The third-order valence-electron chi connectivity index (χ3n) is 3.56. The van der Waals surface area contributed by atoms with Crippen LogP contribution in [0.4, 0.5) is 0 Å². The Morgan fingerprint density at radius 1 is 1.33 bits per heavy atom. The van der Waals surface area contributed by atoms with Crippen LogP contribution in [0.25, 0.3) is 0 Å². The van der Waals surface area contributed by atoms with Crippen molar-refractivity contribution < 1.29 is 9.47 Å². The van der Waals surface area contributed by atoms with Gasteiger partial charge in [0, 0.05) is 17.1 Å². The third kappa shape index (κ3) is 5.03. The minimum Gasteiger partial charge on any atom is -0.489 e. The van der Waals surface area contributed by atoms with Crippen LogP contribution in [0.1, 0.15) is 38.7 Å². The first-order valence-corrected chi connectivity index (χ1v) is 8.32. The monoisotopic (exact) mass is 331 g/mol. The predicted molar refractivity (Wildman–Crippen MR) is 87.5 cm³/mol. The van der Waals surface area contributed by atoms with E-state index in [0.29, 0.717) is 35.1 Å². The van der Waals surface area contributed by atoms with E-state index in [4.69, 9.17) is 32.7 Å². The molecular weight excluding hydrogens is 309 g/mol. The molecule has 0 radical (unpaired) electrons. The number of benzene rings is 1. The highest BCUT2D eigenvalue weighted by Crippen LogP contribution is 2.33. The normalized spacial score (nSPS) is 21.7. The first-order valence-electron chi connectivity index (χ1n) is 7.57. The average molecular weight is 332 g/mol. The van der Waals surface area contributed by atoms with Crippen molar-refractivity contribution in [2.45, 2.75) is 51.9 Å². The lowest BCUT2D eigenvalue weighted by molar-refractivity contribution is 0.0262. The molecule has 21 heavy (non-hydrogen) atoms. The van der Waals surface area contributed by atoms with Crippen molar-refractivity contribution in [1.29, 1.82) is 0 Å². The lowest BCUT2D eigenvalue weighted by atomic mass is 10.2. The highest BCUT2D eigenvalue weighted by molar-refractivity contribution is 6.35. The molecule has 118 valence electrons. The lowest BCUT2D eigenvalue weighted by Gasteiger charge is -2.17. The van der Waals surface area contributed by atoms with Gasteiger partial charge in [0.1, 0.15) is 12.4 Å². The van der Waals surface area contributed by atoms with Crippen molar-refractivity contribution in [3.8, 4) is 5.75 Å². The van der Waals surface area contributed by atoms with Gasteiger partial charge in [-0.25, -0.2) is 0 Å². The summed E-state index contributed by atoms with van der Waals surface area (Å²) in [6.07, 6.45) is 3.69. The van der Waals surface area contributed by atoms with Crippen LogP contribution in [-0.4, -0.2) is 25.4 Å². The summed E-state index contributed by atoms with van der Waals surface area (Å²) in [6, 6.07) is 3.63. The summed E-state index contributed by atoms with van der Waals surface area (Å²) in [5.74, 6) is 0.716. The van der Waals surface area contributed by atoms with Gasteiger partial charge in [0.25, 0.3) is 0 Å². The summed E-state index contributed by atoms with van der Waals surface area (Å²) in [7, 11) is 0. The molecule has 1 aromatic rings. The second kappa shape index (κ2) is 8.23. The minimum absolute atomic E-state index is 0.156. The predicted octanol–water partition coefficient (Wildman–Crippen LogP) is 4.44. The molecule has 1 fully saturated rings. The Labute approximate surface area is 136 Å². The molecule has 1 saturated heterocycles. The quantitative estimate of drug-likeness (QED) is 0.749. The van der Waals surface area contributed by atoms with Crippen molar-refractivity contribution in [2.24, 2.45) is 0 Å². The van der Waals surface area contributed by atoms with Crippen LogP contribution in [0.3, 0.4) is 0 Å². The molecule has 0 spiro atoms. The highest BCUT2D eigenvalue weighted by atomic mass is 35.5. The molecule has 1 aliphatic rings. The van der Waals surface area contributed by atoms with Gasteiger partial charge < -0.3 is 14.8 Å². The van der Waals surface area contributed by atoms with Crippen LogP contribution in [0.2, 0.25) is 10.0 Å². The van der Waals surface area contributed by atoms with Crippen molar-refractivity contribution in [1.82, 2.24) is 5.32 Å². The van der Waals surface area contributed by atoms with Gasteiger partial charge in [-0.15, -0.1) is 0 Å². The molecule has 3 nitrogen and oxygen atoms in total. The number of hydrogen-bond acceptors (Lipinski definition) is 3. The van der Waals surface area contributed by atoms with E-state index in [-0.39, 0.29) is 6.10 Å². The topological polar surface area (TPSA) is 30.5 Å². The van der Waals surface area contributed by atoms with Gasteiger partial charge in [0.2, 0.25) is 0 Å². The smallest absolute Gasteiger partial charge is 0.142 e. The Kier molecular flexibility index (Phi) is 6.62. The van der Waals surface area contributed by atoms with Crippen LogP contribution < -0.4 is 10.1 Å². The first-order chi connectivity index (χ1) is 10.1. The fraction of sp³-hybridized carbons (Fsp3) is 0.625. The molecule has 0 bridgehead atoms. The third-order valence-corrected chi connectivity index (χ3v) is 4.06. The maximum Gasteiger partial charge on any atom is 0.142 e. The summed E-state index contributed by atoms with van der Waals surface area (Å²) < 4.78 is 11.7. The van der Waals surface area contributed by atoms with Crippen molar-refractivity contribution in [2.75, 3.05) is 13.2 Å². The molecule has 2 unspecified atom stereocenters. The van der Waals surface area contributed by atoms with Crippen LogP contribution in [0, 0.1) is 0 Å². The van der Waals surface area contributed by atoms with Gasteiger partial charge >= 0.3 is 0 Å². The fourth-order valence-corrected chi connectivity index (χ4v) is 3.08. The van der Waals surface area contributed by atoms with E-state index in [1.807, 2.05) is 6.07 Å². The Balaban J connectivity index is 2.01. The Bertz CT molecular complexity index is 468. The zero-order chi connectivity index (χ0) is 15.2. The van der Waals surface area contributed by atoms with E-state index in [0.717, 1.165) is 31.4 Å². The number of halogens is 2. The van der Waals surface area contributed by atoms with Crippen molar-refractivity contribution in [3.05, 3.63) is 27.7 Å². The zero-order valence-corrected chi connectivity index (χ0v) is 14.1. The summed E-state index contributed by atoms with van der Waals surface area (Å²) in [5.41, 5.74) is 0.993. The number of nitrogens with one attached hydrogen (secondary N) is 1. The number of hydrogen-bond donors (Lipinski definition) is 1. The van der Waals surface area contributed by atoms with Gasteiger partial charge in [-0.3, -0.25) is 0 Å². The van der Waals surface area contributed by atoms with E-state index < -0.39 is 0 Å². The molecule has 0 amide bonds. The SMILES string of the molecule is CCCNCc1cc(Cl)cc(Cl)c1OCC1CCC(C)O1. The lowest BCUT2D eigenvalue weighted by Crippen LogP contribution is -2.20. The molecule has 0 saturated carbocycles. The van der Waals surface area contributed by atoms with E-state index in [1.54, 1.807) is 6.07 Å². The maximum atomic E-state index is 6.28. The molecular formula is C16H23Cl2NO2. The number of rotatable bonds is 7. The van der Waals surface area contributed by atoms with Gasteiger partial charge in [-0.05, 0) is 44.9 Å². The highest BCUT2D eigenvalue weighted by Gasteiger charge is 2.23. The fourth-order valence-electron chi connectivity index (χ4n) is 2.49. The Hall–Kier alpha value is -0.480. The Morgan fingerprint density at radius 3 is 2.81 bits per heavy atom. The van der Waals surface area contributed by atoms with Crippen LogP contribution in [0.5, 0.6) is 5.75 Å². The standard InChI is InChI=1S/C16H23Cl2NO2/c1-3-6-19-9-12-7-13(17)8-15(18)16(12)20-10-14-5-4-11(2)21-14/h7-8,11,14,19H,3-6,9-10H2,1-2H3. The summed E-state index contributed by atoms with van der Waals surface area (Å²) in [5, 5.41) is 4.54. The minimum atomic E-state index is 0.156. The second-order valence-corrected chi connectivity index (χ2v) is 6.35. The molecule has 5 heteroatoms. The van der Waals surface area contributed by atoms with Gasteiger partial charge in [0.05, 0.1) is 17.2 Å². The van der Waals surface area contributed by atoms with E-state index in [9.17, 15) is 0 Å². The zero-order valence-electron chi connectivity index (χ0n) is 12.6. The largest absolute Gasteiger partial charge is 0.489 e. The molecule has 1 aliphatic heterocycles. The molecule has 2 rings (SSSR count). The van der Waals surface area contributed by atoms with Crippen LogP contribution in [-0.2, 0) is 11.3 Å². The summed E-state index contributed by atoms with van der Waals surface area (Å²) in [6.45, 7) is 6.41. The molecule has 1 heterocycles.